The number of anilines is 1. The number of rotatable bonds is 9. The van der Waals surface area contributed by atoms with Crippen LogP contribution in [0.4, 0.5) is 5.69 Å². The first-order chi connectivity index (χ1) is 58.9. The van der Waals surface area contributed by atoms with Gasteiger partial charge in [-0.3, -0.25) is 0 Å². The number of benzene rings is 14. The third-order valence-electron chi connectivity index (χ3n) is 26.9. The zero-order valence-electron chi connectivity index (χ0n) is 66.1. The fourth-order valence-corrected chi connectivity index (χ4v) is 21.4. The summed E-state index contributed by atoms with van der Waals surface area (Å²) in [4.78, 5) is 2.50. The van der Waals surface area contributed by atoms with Crippen LogP contribution in [0, 0.1) is 5.92 Å². The van der Waals surface area contributed by atoms with Gasteiger partial charge in [0.25, 0.3) is 0 Å². The molecule has 14 aromatic carbocycles. The quantitative estimate of drug-likeness (QED) is 0.143. The Labute approximate surface area is 701 Å². The van der Waals surface area contributed by atoms with Crippen LogP contribution in [-0.4, -0.2) is 16.3 Å². The number of hydrogen-bond acceptors (Lipinski definition) is 3. The van der Waals surface area contributed by atoms with E-state index in [0.29, 0.717) is 0 Å². The topological polar surface area (TPSA) is 20.5 Å². The molecule has 119 heavy (non-hydrogen) atoms. The van der Waals surface area contributed by atoms with Crippen molar-refractivity contribution in [3.05, 3.63) is 457 Å². The third kappa shape index (κ3) is 11.8. The molecule has 564 valence electrons. The van der Waals surface area contributed by atoms with Crippen LogP contribution >= 0.6 is 12.8 Å². The minimum atomic E-state index is -0.0963. The maximum absolute atomic E-state index is 4.98. The molecule has 0 bridgehead atoms. The molecule has 1 heterocycles. The highest BCUT2D eigenvalue weighted by atomic mass is 32.1. The lowest BCUT2D eigenvalue weighted by Crippen LogP contribution is -2.39. The molecule has 8 aliphatic rings. The van der Waals surface area contributed by atoms with Gasteiger partial charge >= 0.3 is 0 Å². The van der Waals surface area contributed by atoms with Crippen LogP contribution in [0.2, 0.25) is 0 Å². The highest BCUT2D eigenvalue weighted by molar-refractivity contribution is 7.79. The van der Waals surface area contributed by atoms with E-state index in [1.165, 1.54) is 172 Å². The normalized spacial score (nSPS) is 19.0. The minimum absolute atomic E-state index is 0.0203. The summed E-state index contributed by atoms with van der Waals surface area (Å²) in [6.07, 6.45) is 37.8. The molecule has 0 N–H and O–H groups in total. The largest absolute Gasteiger partial charge is 0.333 e. The van der Waals surface area contributed by atoms with E-state index >= 15 is 0 Å². The van der Waals surface area contributed by atoms with Crippen LogP contribution in [-0.2, 0) is 0 Å². The average molecular weight is 1540 g/mol. The zero-order valence-corrected chi connectivity index (χ0v) is 67.0. The lowest BCUT2D eigenvalue weighted by Gasteiger charge is -2.38. The van der Waals surface area contributed by atoms with Crippen molar-refractivity contribution >= 4 is 68.3 Å². The van der Waals surface area contributed by atoms with E-state index < -0.39 is 0 Å². The van der Waals surface area contributed by atoms with Gasteiger partial charge in [0.15, 0.2) is 0 Å². The Bertz CT molecular complexity index is 7110. The lowest BCUT2D eigenvalue weighted by molar-refractivity contribution is 0.731. The van der Waals surface area contributed by atoms with Gasteiger partial charge in [0.05, 0.1) is 28.5 Å². The number of thiol groups is 1. The molecule has 3 nitrogen and oxygen atoms in total. The molecule has 15 aromatic rings. The van der Waals surface area contributed by atoms with Crippen molar-refractivity contribution in [2.75, 3.05) is 4.90 Å². The molecule has 6 unspecified atom stereocenters. The van der Waals surface area contributed by atoms with Gasteiger partial charge in [0.2, 0.25) is 0 Å². The van der Waals surface area contributed by atoms with E-state index in [9.17, 15) is 0 Å². The van der Waals surface area contributed by atoms with E-state index in [-0.39, 0.29) is 35.6 Å². The van der Waals surface area contributed by atoms with Gasteiger partial charge in [-0.25, -0.2) is 4.40 Å². The summed E-state index contributed by atoms with van der Waals surface area (Å²) < 4.78 is 7.47. The molecule has 0 fully saturated rings. The van der Waals surface area contributed by atoms with Gasteiger partial charge in [-0.15, -0.1) is 0 Å². The first-order valence-electron chi connectivity index (χ1n) is 42.2. The Morgan fingerprint density at radius 1 is 0.328 bits per heavy atom. The van der Waals surface area contributed by atoms with Gasteiger partial charge in [-0.1, -0.05) is 341 Å². The summed E-state index contributed by atoms with van der Waals surface area (Å²) >= 11 is 4.91. The molecule has 0 saturated heterocycles. The second-order valence-corrected chi connectivity index (χ2v) is 33.3. The molecule has 8 aliphatic carbocycles. The molecule has 0 spiro atoms. The van der Waals surface area contributed by atoms with Gasteiger partial charge < -0.3 is 9.47 Å². The molecular formula is C115H83N3S. The van der Waals surface area contributed by atoms with Crippen molar-refractivity contribution in [1.82, 2.24) is 4.57 Å². The third-order valence-corrected chi connectivity index (χ3v) is 27.1. The predicted octanol–water partition coefficient (Wildman–Crippen LogP) is 30.1. The summed E-state index contributed by atoms with van der Waals surface area (Å²) in [5, 5.41) is 2.41. The Morgan fingerprint density at radius 2 is 0.756 bits per heavy atom. The lowest BCUT2D eigenvalue weighted by atomic mass is 9.71. The summed E-state index contributed by atoms with van der Waals surface area (Å²) in [6.45, 7) is 2.30. The number of fused-ring (bicyclic) bond motifs is 27. The van der Waals surface area contributed by atoms with E-state index in [1.807, 2.05) is 0 Å². The van der Waals surface area contributed by atoms with Crippen molar-refractivity contribution in [1.29, 1.82) is 0 Å². The van der Waals surface area contributed by atoms with Crippen LogP contribution < -0.4 is 4.90 Å². The monoisotopic (exact) mass is 1540 g/mol. The van der Waals surface area contributed by atoms with Gasteiger partial charge in [-0.05, 0) is 272 Å². The second-order valence-electron chi connectivity index (χ2n) is 33.1. The zero-order chi connectivity index (χ0) is 78.8. The van der Waals surface area contributed by atoms with E-state index in [1.54, 1.807) is 0 Å². The van der Waals surface area contributed by atoms with E-state index in [0.717, 1.165) is 58.6 Å². The highest BCUT2D eigenvalue weighted by Crippen LogP contribution is 2.55. The molecule has 0 radical (unpaired) electrons. The van der Waals surface area contributed by atoms with Crippen molar-refractivity contribution < 1.29 is 0 Å². The second kappa shape index (κ2) is 29.1. The molecule has 0 amide bonds. The molecule has 1 aromatic heterocycles. The Morgan fingerprint density at radius 3 is 1.31 bits per heavy atom. The van der Waals surface area contributed by atoms with E-state index in [4.69, 9.17) is 17.2 Å². The molecule has 6 atom stereocenters. The van der Waals surface area contributed by atoms with Gasteiger partial charge in [-0.2, -0.15) is 0 Å². The number of hydrogen-bond donors (Lipinski definition) is 1. The summed E-state index contributed by atoms with van der Waals surface area (Å²) in [7, 11) is 0. The molecule has 4 heteroatoms. The van der Waals surface area contributed by atoms with Crippen LogP contribution in [0.1, 0.15) is 94.4 Å². The Kier molecular flexibility index (Phi) is 17.2. The smallest absolute Gasteiger partial charge is 0.0792 e. The fraction of sp³-hybridized carbons (Fsp3) is 0.0870. The van der Waals surface area contributed by atoms with Gasteiger partial charge in [0.1, 0.15) is 0 Å². The van der Waals surface area contributed by atoms with Crippen molar-refractivity contribution in [3.63, 3.8) is 0 Å². The van der Waals surface area contributed by atoms with Crippen molar-refractivity contribution in [2.24, 2.45) is 10.3 Å². The SMILES string of the molecule is CC1C(c2ccc(-n3c4ccc(-c5ccc6c(c5)C5=CC=CCC5c5ccccc5-c5ccccc5-6)cc4c4cc(-c5ccc6c(c5)C5C=CC=CC5c5ccccc5-c5ccccc5-6)ccc43)cc2)=CC=C(N(c2ccc(-c3ccccc3)cc2)C2C=CC(c3ccc4c(c3)C3=CC=CCC3c3ccccc3-c3ccccc3-4)=CC2)/C1=N/S. The summed E-state index contributed by atoms with van der Waals surface area (Å²) in [6, 6.07) is 119. The van der Waals surface area contributed by atoms with Crippen LogP contribution in [0.15, 0.2) is 417 Å². The minimum Gasteiger partial charge on any atom is -0.333 e. The predicted molar refractivity (Wildman–Crippen MR) is 505 cm³/mol. The average Bonchev–Trinajstić information content (AvgIpc) is 0.807. The highest BCUT2D eigenvalue weighted by Gasteiger charge is 2.36. The molecular weight excluding hydrogens is 1460 g/mol. The van der Waals surface area contributed by atoms with Crippen LogP contribution in [0.25, 0.3) is 150 Å². The fourth-order valence-electron chi connectivity index (χ4n) is 21.1. The van der Waals surface area contributed by atoms with Gasteiger partial charge in [0, 0.05) is 51.7 Å². The Hall–Kier alpha value is -13.9. The van der Waals surface area contributed by atoms with Crippen molar-refractivity contribution in [2.45, 2.75) is 55.9 Å². The van der Waals surface area contributed by atoms with Crippen LogP contribution in [0.3, 0.4) is 0 Å². The number of aromatic nitrogens is 1. The van der Waals surface area contributed by atoms with Crippen molar-refractivity contribution in [3.8, 4) is 106 Å². The first-order valence-corrected chi connectivity index (χ1v) is 42.6. The maximum Gasteiger partial charge on any atom is 0.0792 e. The maximum atomic E-state index is 4.98. The molecule has 0 saturated carbocycles. The first kappa shape index (κ1) is 70.5. The summed E-state index contributed by atoms with van der Waals surface area (Å²) in [5.74, 6) is 0.734. The van der Waals surface area contributed by atoms with E-state index in [2.05, 4.69) is 423 Å². The summed E-state index contributed by atoms with van der Waals surface area (Å²) in [5.41, 5.74) is 44.6. The number of nitrogens with zero attached hydrogens (tertiary/aromatic N) is 3. The van der Waals surface area contributed by atoms with Crippen LogP contribution in [0.5, 0.6) is 0 Å². The molecule has 23 rings (SSSR count). The molecule has 0 aliphatic heterocycles. The Balaban J connectivity index is 0.621. The standard InChI is InChI=1S/C115H83N3S/c1-72-85(63-66-114(115(72)116-119)117(82-54-43-74(44-55-82)73-23-3-2-4-24-73)83-56-45-75(46-57-83)77-49-60-104-98-37-14-11-31-92(98)86-25-5-8-28-89(86)95-34-17-20-40-101(95)107(104)67-77)76-47-58-84(59-48-76)118-112-64-52-80(78-50-61-105-99-38-15-12-32-93(99)87-26-6-9-29-90(87)96-35-18-21-41-102(96)108(105)68-78)70-110(112)111-71-81(53-65-113(111)118)79-51-62-106-100-39-16-13-33-94(100)88-27-7-10-30-91(88)97-36-19-22-42-103(97)109(106)69-79/h2-33,35,37-56,58-72,83,95-97,102,119H,34,36,57H2,1H3/b116-115+. The number of allylic oxidation sites excluding steroid dienone is 18.